The van der Waals surface area contributed by atoms with Crippen LogP contribution in [0.15, 0.2) is 18.2 Å². The summed E-state index contributed by atoms with van der Waals surface area (Å²) >= 11 is 0. The predicted octanol–water partition coefficient (Wildman–Crippen LogP) is 2.45. The van der Waals surface area contributed by atoms with E-state index in [0.29, 0.717) is 11.8 Å². The van der Waals surface area contributed by atoms with Gasteiger partial charge >= 0.3 is 0 Å². The molecular formula is C16H24N2O. The lowest BCUT2D eigenvalue weighted by molar-refractivity contribution is 0.158. The molecule has 1 aliphatic carbocycles. The molecule has 1 aromatic carbocycles. The maximum Gasteiger partial charge on any atom is 0.120 e. The first-order chi connectivity index (χ1) is 9.24. The summed E-state index contributed by atoms with van der Waals surface area (Å²) in [6.07, 6.45) is 3.95. The van der Waals surface area contributed by atoms with Gasteiger partial charge in [-0.15, -0.1) is 0 Å². The van der Waals surface area contributed by atoms with Crippen LogP contribution in [-0.2, 0) is 0 Å². The van der Waals surface area contributed by atoms with Gasteiger partial charge in [0.15, 0.2) is 0 Å². The second-order valence-corrected chi connectivity index (χ2v) is 6.04. The monoisotopic (exact) mass is 260 g/mol. The molecule has 1 atom stereocenters. The average Bonchev–Trinajstić information content (AvgIpc) is 3.24. The molecule has 1 heterocycles. The van der Waals surface area contributed by atoms with E-state index < -0.39 is 0 Å². The molecule has 1 saturated carbocycles. The summed E-state index contributed by atoms with van der Waals surface area (Å²) in [6.45, 7) is 6.41. The molecule has 2 aliphatic rings. The van der Waals surface area contributed by atoms with Crippen molar-refractivity contribution in [2.45, 2.75) is 32.2 Å². The Balaban J connectivity index is 1.85. The van der Waals surface area contributed by atoms with Crippen molar-refractivity contribution < 1.29 is 5.11 Å². The number of hydrogen-bond acceptors (Lipinski definition) is 3. The van der Waals surface area contributed by atoms with Crippen molar-refractivity contribution in [3.05, 3.63) is 29.3 Å². The van der Waals surface area contributed by atoms with Crippen molar-refractivity contribution in [2.24, 2.45) is 5.92 Å². The molecule has 0 spiro atoms. The zero-order valence-electron chi connectivity index (χ0n) is 11.7. The van der Waals surface area contributed by atoms with Crippen LogP contribution in [0.4, 0.5) is 0 Å². The predicted molar refractivity (Wildman–Crippen MR) is 77.4 cm³/mol. The highest BCUT2D eigenvalue weighted by atomic mass is 16.3. The van der Waals surface area contributed by atoms with Gasteiger partial charge in [-0.25, -0.2) is 0 Å². The van der Waals surface area contributed by atoms with Gasteiger partial charge in [0, 0.05) is 37.8 Å². The van der Waals surface area contributed by atoms with Crippen LogP contribution in [0.25, 0.3) is 0 Å². The first-order valence-electron chi connectivity index (χ1n) is 7.48. The van der Waals surface area contributed by atoms with E-state index in [1.807, 2.05) is 12.1 Å². The number of rotatable bonds is 4. The third kappa shape index (κ3) is 3.10. The van der Waals surface area contributed by atoms with E-state index >= 15 is 0 Å². The molecule has 0 amide bonds. The standard InChI is InChI=1S/C16H24N2O/c1-12-2-5-16(19)14(10-12)15(11-13-3-4-13)18-8-6-17-7-9-18/h2,5,10,13,15,17,19H,3-4,6-9,11H2,1H3/t15-/m1/s1. The van der Waals surface area contributed by atoms with E-state index in [1.54, 1.807) is 0 Å². The van der Waals surface area contributed by atoms with Gasteiger partial charge in [0.1, 0.15) is 5.75 Å². The lowest BCUT2D eigenvalue weighted by Crippen LogP contribution is -2.45. The Morgan fingerprint density at radius 2 is 2.05 bits per heavy atom. The first-order valence-corrected chi connectivity index (χ1v) is 7.48. The second-order valence-electron chi connectivity index (χ2n) is 6.04. The van der Waals surface area contributed by atoms with Gasteiger partial charge in [-0.1, -0.05) is 30.5 Å². The molecule has 1 saturated heterocycles. The van der Waals surface area contributed by atoms with Gasteiger partial charge in [0.05, 0.1) is 0 Å². The summed E-state index contributed by atoms with van der Waals surface area (Å²) in [6, 6.07) is 6.41. The second kappa shape index (κ2) is 5.51. The Morgan fingerprint density at radius 3 is 2.74 bits per heavy atom. The number of aryl methyl sites for hydroxylation is 1. The van der Waals surface area contributed by atoms with Crippen molar-refractivity contribution in [3.8, 4) is 5.75 Å². The summed E-state index contributed by atoms with van der Waals surface area (Å²) in [7, 11) is 0. The van der Waals surface area contributed by atoms with Gasteiger partial charge in [-0.3, -0.25) is 4.90 Å². The van der Waals surface area contributed by atoms with Gasteiger partial charge in [-0.05, 0) is 25.3 Å². The molecule has 19 heavy (non-hydrogen) atoms. The van der Waals surface area contributed by atoms with E-state index in [1.165, 1.54) is 24.8 Å². The maximum atomic E-state index is 10.2. The lowest BCUT2D eigenvalue weighted by atomic mass is 9.96. The summed E-state index contributed by atoms with van der Waals surface area (Å²) < 4.78 is 0. The zero-order chi connectivity index (χ0) is 13.2. The van der Waals surface area contributed by atoms with E-state index in [4.69, 9.17) is 0 Å². The normalized spacial score (nSPS) is 22.4. The fourth-order valence-corrected chi connectivity index (χ4v) is 3.08. The van der Waals surface area contributed by atoms with E-state index in [0.717, 1.165) is 37.7 Å². The number of phenols is 1. The Labute approximate surface area is 115 Å². The third-order valence-corrected chi connectivity index (χ3v) is 4.39. The minimum absolute atomic E-state index is 0.398. The Hall–Kier alpha value is -1.06. The van der Waals surface area contributed by atoms with Crippen molar-refractivity contribution in [1.82, 2.24) is 10.2 Å². The van der Waals surface area contributed by atoms with Crippen LogP contribution in [0.1, 0.15) is 36.4 Å². The molecule has 0 unspecified atom stereocenters. The van der Waals surface area contributed by atoms with Gasteiger partial charge in [0.2, 0.25) is 0 Å². The number of hydrogen-bond donors (Lipinski definition) is 2. The molecule has 0 aromatic heterocycles. The Kier molecular flexibility index (Phi) is 3.76. The maximum absolute atomic E-state index is 10.2. The van der Waals surface area contributed by atoms with Crippen LogP contribution in [0.5, 0.6) is 5.75 Å². The molecule has 3 heteroatoms. The third-order valence-electron chi connectivity index (χ3n) is 4.39. The van der Waals surface area contributed by atoms with Crippen LogP contribution >= 0.6 is 0 Å². The lowest BCUT2D eigenvalue weighted by Gasteiger charge is -2.35. The number of phenolic OH excluding ortho intramolecular Hbond substituents is 1. The number of benzene rings is 1. The van der Waals surface area contributed by atoms with Crippen molar-refractivity contribution >= 4 is 0 Å². The number of aromatic hydroxyl groups is 1. The minimum atomic E-state index is 0.398. The van der Waals surface area contributed by atoms with Crippen LogP contribution in [0.2, 0.25) is 0 Å². The van der Waals surface area contributed by atoms with Crippen molar-refractivity contribution in [2.75, 3.05) is 26.2 Å². The first kappa shape index (κ1) is 12.9. The van der Waals surface area contributed by atoms with Crippen LogP contribution in [-0.4, -0.2) is 36.2 Å². The Morgan fingerprint density at radius 1 is 1.32 bits per heavy atom. The fraction of sp³-hybridized carbons (Fsp3) is 0.625. The molecular weight excluding hydrogens is 236 g/mol. The number of nitrogens with one attached hydrogen (secondary N) is 1. The summed E-state index contributed by atoms with van der Waals surface area (Å²) in [4.78, 5) is 2.54. The highest BCUT2D eigenvalue weighted by molar-refractivity contribution is 5.38. The molecule has 0 bridgehead atoms. The van der Waals surface area contributed by atoms with Gasteiger partial charge < -0.3 is 10.4 Å². The topological polar surface area (TPSA) is 35.5 Å². The average molecular weight is 260 g/mol. The largest absolute Gasteiger partial charge is 0.508 e. The Bertz CT molecular complexity index is 436. The highest BCUT2D eigenvalue weighted by Crippen LogP contribution is 2.42. The minimum Gasteiger partial charge on any atom is -0.508 e. The van der Waals surface area contributed by atoms with Gasteiger partial charge in [-0.2, -0.15) is 0 Å². The van der Waals surface area contributed by atoms with Crippen LogP contribution in [0, 0.1) is 12.8 Å². The fourth-order valence-electron chi connectivity index (χ4n) is 3.08. The highest BCUT2D eigenvalue weighted by Gasteiger charge is 2.31. The molecule has 0 radical (unpaired) electrons. The SMILES string of the molecule is Cc1ccc(O)c([C@@H](CC2CC2)N2CCNCC2)c1. The quantitative estimate of drug-likeness (QED) is 0.873. The number of nitrogens with zero attached hydrogens (tertiary/aromatic N) is 1. The zero-order valence-corrected chi connectivity index (χ0v) is 11.7. The summed E-state index contributed by atoms with van der Waals surface area (Å²) in [5.74, 6) is 1.34. The van der Waals surface area contributed by atoms with E-state index in [-0.39, 0.29) is 0 Å². The smallest absolute Gasteiger partial charge is 0.120 e. The molecule has 1 aliphatic heterocycles. The van der Waals surface area contributed by atoms with Crippen molar-refractivity contribution in [1.29, 1.82) is 0 Å². The number of piperazine rings is 1. The van der Waals surface area contributed by atoms with E-state index in [2.05, 4.69) is 23.2 Å². The molecule has 2 N–H and O–H groups in total. The molecule has 104 valence electrons. The van der Waals surface area contributed by atoms with Gasteiger partial charge in [0.25, 0.3) is 0 Å². The summed E-state index contributed by atoms with van der Waals surface area (Å²) in [5.41, 5.74) is 2.37. The van der Waals surface area contributed by atoms with Crippen LogP contribution < -0.4 is 5.32 Å². The van der Waals surface area contributed by atoms with Crippen LogP contribution in [0.3, 0.4) is 0 Å². The van der Waals surface area contributed by atoms with E-state index in [9.17, 15) is 5.11 Å². The molecule has 3 nitrogen and oxygen atoms in total. The molecule has 3 rings (SSSR count). The molecule has 2 fully saturated rings. The molecule has 1 aromatic rings. The summed E-state index contributed by atoms with van der Waals surface area (Å²) in [5, 5.41) is 13.6. The van der Waals surface area contributed by atoms with Crippen molar-refractivity contribution in [3.63, 3.8) is 0 Å².